The number of carbonyl (C=O) groups is 3. The first-order valence-corrected chi connectivity index (χ1v) is 11.5. The first-order valence-electron chi connectivity index (χ1n) is 10.7. The van der Waals surface area contributed by atoms with Crippen molar-refractivity contribution in [3.05, 3.63) is 50.4 Å². The molecule has 33 heavy (non-hydrogen) atoms. The molecule has 1 aromatic carbocycles. The summed E-state index contributed by atoms with van der Waals surface area (Å²) in [5, 5.41) is 3.08. The zero-order valence-electron chi connectivity index (χ0n) is 17.9. The second kappa shape index (κ2) is 8.43. The normalized spacial score (nSPS) is 15.1. The molecule has 170 valence electrons. The van der Waals surface area contributed by atoms with Gasteiger partial charge in [-0.15, -0.1) is 11.3 Å². The number of esters is 1. The minimum absolute atomic E-state index is 0.0755. The molecule has 1 amide bonds. The molecule has 2 aromatic heterocycles. The highest BCUT2D eigenvalue weighted by molar-refractivity contribution is 7.20. The Morgan fingerprint density at radius 1 is 1.24 bits per heavy atom. The van der Waals surface area contributed by atoms with Crippen LogP contribution in [-0.4, -0.2) is 40.4 Å². The molecule has 2 aliphatic rings. The van der Waals surface area contributed by atoms with Gasteiger partial charge in [-0.1, -0.05) is 6.42 Å². The summed E-state index contributed by atoms with van der Waals surface area (Å²) < 4.78 is 12.3. The Bertz CT molecular complexity index is 1370. The standard InChI is InChI=1S/C23H21N3O6S/c1-12-19-21(25-17-5-3-2-4-8-26(17)22(19)29)33-20(12)23(30)32-10-15(27)13-6-7-16-14(9-13)24-18(28)11-31-16/h6-7,9H,2-5,8,10-11H2,1H3,(H,24,28). The van der Waals surface area contributed by atoms with Gasteiger partial charge in [0.2, 0.25) is 0 Å². The number of anilines is 1. The van der Waals surface area contributed by atoms with Crippen LogP contribution < -0.4 is 15.6 Å². The Hall–Kier alpha value is -3.53. The number of nitrogens with one attached hydrogen (secondary N) is 1. The zero-order valence-corrected chi connectivity index (χ0v) is 18.8. The fourth-order valence-corrected chi connectivity index (χ4v) is 5.23. The van der Waals surface area contributed by atoms with Crippen LogP contribution in [0, 0.1) is 6.92 Å². The monoisotopic (exact) mass is 467 g/mol. The highest BCUT2D eigenvalue weighted by atomic mass is 32.1. The second-order valence-electron chi connectivity index (χ2n) is 8.08. The molecule has 1 N–H and O–H groups in total. The van der Waals surface area contributed by atoms with Gasteiger partial charge in [0.15, 0.2) is 19.0 Å². The summed E-state index contributed by atoms with van der Waals surface area (Å²) in [5.74, 6) is -0.167. The van der Waals surface area contributed by atoms with Crippen molar-refractivity contribution in [2.45, 2.75) is 39.2 Å². The topological polar surface area (TPSA) is 117 Å². The van der Waals surface area contributed by atoms with Crippen molar-refractivity contribution < 1.29 is 23.9 Å². The predicted octanol–water partition coefficient (Wildman–Crippen LogP) is 2.86. The van der Waals surface area contributed by atoms with E-state index in [1.165, 1.54) is 6.07 Å². The zero-order chi connectivity index (χ0) is 23.1. The molecule has 0 radical (unpaired) electrons. The van der Waals surface area contributed by atoms with Gasteiger partial charge in [-0.2, -0.15) is 0 Å². The SMILES string of the molecule is Cc1c(C(=O)OCC(=O)c2ccc3c(c2)NC(=O)CO3)sc2nc3n(c(=O)c12)CCCCC3. The number of amides is 1. The summed E-state index contributed by atoms with van der Waals surface area (Å²) >= 11 is 1.12. The van der Waals surface area contributed by atoms with Crippen molar-refractivity contribution in [1.29, 1.82) is 0 Å². The Morgan fingerprint density at radius 3 is 2.94 bits per heavy atom. The van der Waals surface area contributed by atoms with E-state index in [4.69, 9.17) is 9.47 Å². The van der Waals surface area contributed by atoms with E-state index in [2.05, 4.69) is 10.3 Å². The average molecular weight is 468 g/mol. The molecule has 0 bridgehead atoms. The van der Waals surface area contributed by atoms with Crippen molar-refractivity contribution in [1.82, 2.24) is 9.55 Å². The number of ether oxygens (including phenoxy) is 2. The average Bonchev–Trinajstić information content (AvgIpc) is 2.97. The van der Waals surface area contributed by atoms with E-state index in [1.807, 2.05) is 0 Å². The predicted molar refractivity (Wildman–Crippen MR) is 121 cm³/mol. The summed E-state index contributed by atoms with van der Waals surface area (Å²) in [5.41, 5.74) is 1.08. The lowest BCUT2D eigenvalue weighted by atomic mass is 10.1. The number of ketones is 1. The summed E-state index contributed by atoms with van der Waals surface area (Å²) in [6, 6.07) is 4.63. The van der Waals surface area contributed by atoms with Gasteiger partial charge in [0.25, 0.3) is 11.5 Å². The fourth-order valence-electron chi connectivity index (χ4n) is 4.14. The molecular formula is C23H21N3O6S. The summed E-state index contributed by atoms with van der Waals surface area (Å²) in [6.45, 7) is 1.79. The van der Waals surface area contributed by atoms with Crippen molar-refractivity contribution in [3.8, 4) is 5.75 Å². The first kappa shape index (κ1) is 21.3. The Labute approximate surface area is 192 Å². The van der Waals surface area contributed by atoms with Gasteiger partial charge < -0.3 is 14.8 Å². The molecule has 5 rings (SSSR count). The molecule has 0 saturated heterocycles. The van der Waals surface area contributed by atoms with E-state index in [0.29, 0.717) is 33.8 Å². The number of aromatic nitrogens is 2. The fraction of sp³-hybridized carbons (Fsp3) is 0.348. The second-order valence-corrected chi connectivity index (χ2v) is 9.08. The van der Waals surface area contributed by atoms with Crippen LogP contribution in [0.5, 0.6) is 5.75 Å². The highest BCUT2D eigenvalue weighted by Crippen LogP contribution is 2.30. The lowest BCUT2D eigenvalue weighted by molar-refractivity contribution is -0.118. The van der Waals surface area contributed by atoms with Crippen LogP contribution in [0.4, 0.5) is 5.69 Å². The Kier molecular flexibility index (Phi) is 5.45. The highest BCUT2D eigenvalue weighted by Gasteiger charge is 2.24. The molecule has 10 heteroatoms. The Morgan fingerprint density at radius 2 is 2.09 bits per heavy atom. The minimum atomic E-state index is -0.668. The maximum absolute atomic E-state index is 13.1. The molecule has 4 heterocycles. The van der Waals surface area contributed by atoms with Gasteiger partial charge in [0, 0.05) is 18.5 Å². The van der Waals surface area contributed by atoms with Gasteiger partial charge >= 0.3 is 5.97 Å². The van der Waals surface area contributed by atoms with Gasteiger partial charge in [-0.05, 0) is 43.5 Å². The van der Waals surface area contributed by atoms with Crippen molar-refractivity contribution in [2.24, 2.45) is 0 Å². The van der Waals surface area contributed by atoms with Crippen LogP contribution in [0.25, 0.3) is 10.2 Å². The molecule has 2 aliphatic heterocycles. The van der Waals surface area contributed by atoms with Crippen molar-refractivity contribution in [2.75, 3.05) is 18.5 Å². The summed E-state index contributed by atoms with van der Waals surface area (Å²) in [6.07, 6.45) is 3.71. The number of nitrogens with zero attached hydrogens (tertiary/aromatic N) is 2. The van der Waals surface area contributed by atoms with Gasteiger partial charge in [-0.3, -0.25) is 19.0 Å². The van der Waals surface area contributed by atoms with E-state index in [9.17, 15) is 19.2 Å². The third-order valence-electron chi connectivity index (χ3n) is 5.87. The van der Waals surface area contributed by atoms with Crippen LogP contribution in [0.1, 0.15) is 50.7 Å². The largest absolute Gasteiger partial charge is 0.482 e. The van der Waals surface area contributed by atoms with E-state index < -0.39 is 18.4 Å². The third kappa shape index (κ3) is 3.91. The first-order chi connectivity index (χ1) is 15.9. The molecule has 0 fully saturated rings. The molecule has 3 aromatic rings. The third-order valence-corrected chi connectivity index (χ3v) is 7.03. The van der Waals surface area contributed by atoms with Gasteiger partial charge in [0.1, 0.15) is 21.3 Å². The number of fused-ring (bicyclic) bond motifs is 3. The van der Waals surface area contributed by atoms with E-state index in [-0.39, 0.29) is 28.5 Å². The molecule has 0 atom stereocenters. The smallest absolute Gasteiger partial charge is 0.349 e. The maximum atomic E-state index is 13.1. The molecular weight excluding hydrogens is 446 g/mol. The van der Waals surface area contributed by atoms with E-state index in [0.717, 1.165) is 42.8 Å². The molecule has 0 spiro atoms. The van der Waals surface area contributed by atoms with Crippen LogP contribution >= 0.6 is 11.3 Å². The van der Waals surface area contributed by atoms with Gasteiger partial charge in [0.05, 0.1) is 11.1 Å². The van der Waals surface area contributed by atoms with Crippen molar-refractivity contribution in [3.63, 3.8) is 0 Å². The van der Waals surface area contributed by atoms with Crippen LogP contribution in [0.3, 0.4) is 0 Å². The number of rotatable bonds is 4. The number of aryl methyl sites for hydroxylation is 2. The van der Waals surface area contributed by atoms with Crippen LogP contribution in [0.15, 0.2) is 23.0 Å². The minimum Gasteiger partial charge on any atom is -0.482 e. The van der Waals surface area contributed by atoms with E-state index in [1.54, 1.807) is 23.6 Å². The number of hydrogen-bond donors (Lipinski definition) is 1. The number of benzene rings is 1. The number of hydrogen-bond acceptors (Lipinski definition) is 8. The van der Waals surface area contributed by atoms with Crippen molar-refractivity contribution >= 4 is 44.9 Å². The molecule has 0 unspecified atom stereocenters. The number of Topliss-reactive ketones (excluding diaryl/α,β-unsaturated/α-hetero) is 1. The lowest BCUT2D eigenvalue weighted by Gasteiger charge is -2.18. The van der Waals surface area contributed by atoms with Gasteiger partial charge in [-0.25, -0.2) is 9.78 Å². The van der Waals surface area contributed by atoms with Crippen LogP contribution in [-0.2, 0) is 22.5 Å². The molecule has 9 nitrogen and oxygen atoms in total. The summed E-state index contributed by atoms with van der Waals surface area (Å²) in [7, 11) is 0. The van der Waals surface area contributed by atoms with E-state index >= 15 is 0 Å². The number of thiophene rings is 1. The quantitative estimate of drug-likeness (QED) is 0.463. The molecule has 0 saturated carbocycles. The lowest BCUT2D eigenvalue weighted by Crippen LogP contribution is -2.25. The molecule has 0 aliphatic carbocycles. The van der Waals surface area contributed by atoms with Crippen LogP contribution in [0.2, 0.25) is 0 Å². The number of carbonyl (C=O) groups excluding carboxylic acids is 3. The Balaban J connectivity index is 1.35. The maximum Gasteiger partial charge on any atom is 0.349 e. The summed E-state index contributed by atoms with van der Waals surface area (Å²) in [4.78, 5) is 55.3.